The molecule has 1 N–H and O–H groups in total. The van der Waals surface area contributed by atoms with Gasteiger partial charge in [0, 0.05) is 11.8 Å². The Morgan fingerprint density at radius 3 is 2.29 bits per heavy atom. The fourth-order valence-electron chi connectivity index (χ4n) is 3.47. The van der Waals surface area contributed by atoms with Crippen LogP contribution in [0.2, 0.25) is 0 Å². The third-order valence-corrected chi connectivity index (χ3v) is 5.59. The minimum Gasteiger partial charge on any atom is -0.354 e. The summed E-state index contributed by atoms with van der Waals surface area (Å²) in [4.78, 5) is 26.2. The smallest absolute Gasteiger partial charge is 0.330 e. The molecule has 4 atom stereocenters. The van der Waals surface area contributed by atoms with Crippen LogP contribution in [0.25, 0.3) is 0 Å². The van der Waals surface area contributed by atoms with Crippen LogP contribution in [-0.2, 0) is 4.74 Å². The van der Waals surface area contributed by atoms with E-state index < -0.39 is 5.69 Å². The second-order valence-corrected chi connectivity index (χ2v) is 9.40. The van der Waals surface area contributed by atoms with Crippen molar-refractivity contribution in [1.82, 2.24) is 9.55 Å². The van der Waals surface area contributed by atoms with Crippen molar-refractivity contribution in [2.75, 3.05) is 0 Å². The van der Waals surface area contributed by atoms with Gasteiger partial charge in [-0.3, -0.25) is 14.3 Å². The highest BCUT2D eigenvalue weighted by atomic mass is 16.5. The minimum absolute atomic E-state index is 0.0779. The molecular formula is C19H32N2O3. The van der Waals surface area contributed by atoms with Gasteiger partial charge in [0.15, 0.2) is 0 Å². The van der Waals surface area contributed by atoms with Crippen molar-refractivity contribution in [2.45, 2.75) is 74.1 Å². The van der Waals surface area contributed by atoms with Crippen LogP contribution >= 0.6 is 0 Å². The van der Waals surface area contributed by atoms with E-state index in [2.05, 4.69) is 53.5 Å². The molecule has 0 saturated carbocycles. The summed E-state index contributed by atoms with van der Waals surface area (Å²) in [5.41, 5.74) is 0.000651. The molecule has 0 radical (unpaired) electrons. The molecular weight excluding hydrogens is 304 g/mol. The van der Waals surface area contributed by atoms with E-state index in [1.165, 1.54) is 0 Å². The fraction of sp³-hybridized carbons (Fsp3) is 0.789. The summed E-state index contributed by atoms with van der Waals surface area (Å²) in [5, 5.41) is 0. The molecule has 2 rings (SSSR count). The molecule has 1 aromatic heterocycles. The number of rotatable bonds is 2. The van der Waals surface area contributed by atoms with Gasteiger partial charge in [0.05, 0.1) is 6.10 Å². The van der Waals surface area contributed by atoms with Gasteiger partial charge < -0.3 is 4.74 Å². The highest BCUT2D eigenvalue weighted by molar-refractivity contribution is 5.03. The lowest BCUT2D eigenvalue weighted by atomic mass is 9.68. The van der Waals surface area contributed by atoms with Crippen molar-refractivity contribution >= 4 is 0 Å². The predicted molar refractivity (Wildman–Crippen MR) is 96.2 cm³/mol. The van der Waals surface area contributed by atoms with Gasteiger partial charge >= 0.3 is 5.69 Å². The number of aromatic amines is 1. The maximum Gasteiger partial charge on any atom is 0.330 e. The zero-order valence-corrected chi connectivity index (χ0v) is 16.3. The van der Waals surface area contributed by atoms with Gasteiger partial charge in [-0.15, -0.1) is 0 Å². The topological polar surface area (TPSA) is 64.1 Å². The van der Waals surface area contributed by atoms with Crippen molar-refractivity contribution < 1.29 is 4.74 Å². The standard InChI is InChI=1S/C19H32N2O3/c1-11-10-21(17(23)20-16(11)22)14-9-13(19(6,7)8)15(24-14)12(2)18(3,4)5/h10,12-15H,9H2,1-8H3,(H,20,22,23)/t12-,13-,14-,15-/m1/s1. The van der Waals surface area contributed by atoms with Crippen LogP contribution in [0.3, 0.4) is 0 Å². The molecule has 1 aliphatic heterocycles. The lowest BCUT2D eigenvalue weighted by Crippen LogP contribution is -2.38. The molecule has 136 valence electrons. The van der Waals surface area contributed by atoms with E-state index in [-0.39, 0.29) is 28.7 Å². The van der Waals surface area contributed by atoms with Crippen molar-refractivity contribution in [3.63, 3.8) is 0 Å². The highest BCUT2D eigenvalue weighted by Gasteiger charge is 2.47. The number of nitrogens with zero attached hydrogens (tertiary/aromatic N) is 1. The molecule has 1 saturated heterocycles. The zero-order valence-electron chi connectivity index (χ0n) is 16.3. The average molecular weight is 336 g/mol. The molecule has 0 unspecified atom stereocenters. The molecule has 5 heteroatoms. The number of aromatic nitrogens is 2. The molecule has 0 spiro atoms. The van der Waals surface area contributed by atoms with Crippen molar-refractivity contribution in [3.8, 4) is 0 Å². The Morgan fingerprint density at radius 2 is 1.79 bits per heavy atom. The summed E-state index contributed by atoms with van der Waals surface area (Å²) >= 11 is 0. The second-order valence-electron chi connectivity index (χ2n) is 9.40. The average Bonchev–Trinajstić information content (AvgIpc) is 2.85. The maximum absolute atomic E-state index is 12.2. The first kappa shape index (κ1) is 19.0. The van der Waals surface area contributed by atoms with Crippen LogP contribution in [-0.4, -0.2) is 15.7 Å². The summed E-state index contributed by atoms with van der Waals surface area (Å²) in [6.07, 6.45) is 2.15. The van der Waals surface area contributed by atoms with Crippen LogP contribution in [0, 0.1) is 29.6 Å². The van der Waals surface area contributed by atoms with E-state index in [1.807, 2.05) is 0 Å². The number of H-pyrrole nitrogens is 1. The lowest BCUT2D eigenvalue weighted by molar-refractivity contribution is -0.0666. The summed E-state index contributed by atoms with van der Waals surface area (Å²) < 4.78 is 7.94. The van der Waals surface area contributed by atoms with Crippen molar-refractivity contribution in [2.24, 2.45) is 22.7 Å². The number of hydrogen-bond acceptors (Lipinski definition) is 3. The second kappa shape index (κ2) is 6.17. The Kier molecular flexibility index (Phi) is 4.88. The SMILES string of the molecule is Cc1cn([C@H]2C[C@@H](C(C)(C)C)[C@@H]([C@@H](C)C(C)(C)C)O2)c(=O)[nH]c1=O. The van der Waals surface area contributed by atoms with Crippen LogP contribution in [0.1, 0.15) is 66.7 Å². The summed E-state index contributed by atoms with van der Waals surface area (Å²) in [6, 6.07) is 0. The van der Waals surface area contributed by atoms with Crippen molar-refractivity contribution in [3.05, 3.63) is 32.6 Å². The first-order chi connectivity index (χ1) is 10.8. The number of nitrogens with one attached hydrogen (secondary N) is 1. The van der Waals surface area contributed by atoms with Gasteiger partial charge in [0.25, 0.3) is 5.56 Å². The highest BCUT2D eigenvalue weighted by Crippen LogP contribution is 2.48. The molecule has 0 bridgehead atoms. The summed E-state index contributed by atoms with van der Waals surface area (Å²) in [6.45, 7) is 17.3. The number of ether oxygens (including phenoxy) is 1. The monoisotopic (exact) mass is 336 g/mol. The van der Waals surface area contributed by atoms with Gasteiger partial charge in [-0.1, -0.05) is 48.5 Å². The first-order valence-electron chi connectivity index (χ1n) is 8.80. The maximum atomic E-state index is 12.2. The molecule has 1 fully saturated rings. The van der Waals surface area contributed by atoms with Gasteiger partial charge in [-0.25, -0.2) is 4.79 Å². The molecule has 1 aliphatic rings. The van der Waals surface area contributed by atoms with Gasteiger partial charge in [0.2, 0.25) is 0 Å². The Labute approximate surface area is 144 Å². The molecule has 0 aromatic carbocycles. The van der Waals surface area contributed by atoms with Gasteiger partial charge in [-0.2, -0.15) is 0 Å². The van der Waals surface area contributed by atoms with E-state index in [9.17, 15) is 9.59 Å². The largest absolute Gasteiger partial charge is 0.354 e. The third-order valence-electron chi connectivity index (χ3n) is 5.59. The zero-order chi connectivity index (χ0) is 18.4. The fourth-order valence-corrected chi connectivity index (χ4v) is 3.47. The van der Waals surface area contributed by atoms with E-state index in [0.29, 0.717) is 17.4 Å². The van der Waals surface area contributed by atoms with Crippen LogP contribution in [0.15, 0.2) is 15.8 Å². The normalized spacial score (nSPS) is 26.6. The quantitative estimate of drug-likeness (QED) is 0.899. The third kappa shape index (κ3) is 3.66. The van der Waals surface area contributed by atoms with Gasteiger partial charge in [0.1, 0.15) is 6.23 Å². The Morgan fingerprint density at radius 1 is 1.21 bits per heavy atom. The molecule has 24 heavy (non-hydrogen) atoms. The van der Waals surface area contributed by atoms with Crippen LogP contribution in [0.5, 0.6) is 0 Å². The van der Waals surface area contributed by atoms with Crippen molar-refractivity contribution in [1.29, 1.82) is 0 Å². The molecule has 2 heterocycles. The van der Waals surface area contributed by atoms with Crippen LogP contribution in [0.4, 0.5) is 0 Å². The van der Waals surface area contributed by atoms with E-state index >= 15 is 0 Å². The molecule has 0 aliphatic carbocycles. The first-order valence-corrected chi connectivity index (χ1v) is 8.80. The number of hydrogen-bond donors (Lipinski definition) is 1. The van der Waals surface area contributed by atoms with E-state index in [4.69, 9.17) is 4.74 Å². The lowest BCUT2D eigenvalue weighted by Gasteiger charge is -2.39. The molecule has 0 amide bonds. The Bertz CT molecular complexity index is 703. The molecule has 1 aromatic rings. The Balaban J connectivity index is 2.41. The van der Waals surface area contributed by atoms with E-state index in [1.54, 1.807) is 17.7 Å². The summed E-state index contributed by atoms with van der Waals surface area (Å²) in [5.74, 6) is 0.696. The number of aryl methyl sites for hydroxylation is 1. The van der Waals surface area contributed by atoms with Gasteiger partial charge in [-0.05, 0) is 36.0 Å². The Hall–Kier alpha value is -1.36. The summed E-state index contributed by atoms with van der Waals surface area (Å²) in [7, 11) is 0. The van der Waals surface area contributed by atoms with Crippen LogP contribution < -0.4 is 11.2 Å². The minimum atomic E-state index is -0.396. The molecule has 5 nitrogen and oxygen atoms in total. The van der Waals surface area contributed by atoms with E-state index in [0.717, 1.165) is 6.42 Å². The predicted octanol–water partition coefficient (Wildman–Crippen LogP) is 3.48.